The van der Waals surface area contributed by atoms with Crippen LogP contribution in [0.1, 0.15) is 15.9 Å². The van der Waals surface area contributed by atoms with E-state index in [1.54, 1.807) is 0 Å². The fraction of sp³-hybridized carbons (Fsp3) is 0.188. The van der Waals surface area contributed by atoms with Crippen molar-refractivity contribution in [2.75, 3.05) is 18.1 Å². The number of ether oxygens (including phenoxy) is 1. The maximum atomic E-state index is 10.7. The van der Waals surface area contributed by atoms with Crippen LogP contribution in [-0.2, 0) is 6.54 Å². The second-order valence-electron chi connectivity index (χ2n) is 4.59. The van der Waals surface area contributed by atoms with Crippen LogP contribution >= 0.6 is 0 Å². The number of anilines is 1. The Labute approximate surface area is 112 Å². The van der Waals surface area contributed by atoms with Gasteiger partial charge in [0, 0.05) is 23.4 Å². The number of hydrogen-bond acceptors (Lipinski definition) is 3. The molecule has 0 amide bonds. The minimum absolute atomic E-state index is 0.673. The van der Waals surface area contributed by atoms with Crippen molar-refractivity contribution in [3.05, 3.63) is 59.7 Å². The van der Waals surface area contributed by atoms with Crippen molar-refractivity contribution in [1.82, 2.24) is 0 Å². The Morgan fingerprint density at radius 2 is 1.84 bits per heavy atom. The summed E-state index contributed by atoms with van der Waals surface area (Å²) in [6.45, 7) is 2.35. The molecule has 0 aromatic heterocycles. The van der Waals surface area contributed by atoms with Gasteiger partial charge in [0.2, 0.25) is 0 Å². The lowest BCUT2D eigenvalue weighted by atomic mass is 10.1. The van der Waals surface area contributed by atoms with Gasteiger partial charge in [-0.15, -0.1) is 0 Å². The number of carbonyl (C=O) groups excluding carboxylic acids is 1. The van der Waals surface area contributed by atoms with Crippen LogP contribution < -0.4 is 9.64 Å². The molecule has 0 fully saturated rings. The molecule has 3 heteroatoms. The van der Waals surface area contributed by atoms with Gasteiger partial charge in [-0.2, -0.15) is 0 Å². The first kappa shape index (κ1) is 11.8. The first-order valence-electron chi connectivity index (χ1n) is 6.38. The zero-order valence-electron chi connectivity index (χ0n) is 10.6. The fourth-order valence-corrected chi connectivity index (χ4v) is 2.31. The third kappa shape index (κ3) is 2.45. The van der Waals surface area contributed by atoms with Crippen molar-refractivity contribution in [2.24, 2.45) is 0 Å². The van der Waals surface area contributed by atoms with Gasteiger partial charge in [0.1, 0.15) is 18.6 Å². The number of benzene rings is 2. The van der Waals surface area contributed by atoms with Gasteiger partial charge in [0.15, 0.2) is 0 Å². The van der Waals surface area contributed by atoms with Crippen LogP contribution in [0.5, 0.6) is 5.75 Å². The summed E-state index contributed by atoms with van der Waals surface area (Å²) < 4.78 is 5.75. The molecule has 3 rings (SSSR count). The number of para-hydroxylation sites is 1. The topological polar surface area (TPSA) is 29.5 Å². The summed E-state index contributed by atoms with van der Waals surface area (Å²) in [5.74, 6) is 0.967. The molecule has 1 aliphatic rings. The van der Waals surface area contributed by atoms with Crippen molar-refractivity contribution >= 4 is 12.0 Å². The van der Waals surface area contributed by atoms with Crippen LogP contribution in [0.4, 0.5) is 5.69 Å². The lowest BCUT2D eigenvalue weighted by molar-refractivity contribution is 0.112. The Hall–Kier alpha value is -2.29. The van der Waals surface area contributed by atoms with Crippen molar-refractivity contribution in [3.63, 3.8) is 0 Å². The van der Waals surface area contributed by atoms with Gasteiger partial charge in [0.05, 0.1) is 6.54 Å². The molecule has 0 bridgehead atoms. The molecule has 0 saturated carbocycles. The Bertz CT molecular complexity index is 578. The van der Waals surface area contributed by atoms with Crippen LogP contribution in [0.2, 0.25) is 0 Å². The lowest BCUT2D eigenvalue weighted by Gasteiger charge is -2.22. The average molecular weight is 253 g/mol. The molecule has 3 nitrogen and oxygen atoms in total. The van der Waals surface area contributed by atoms with Gasteiger partial charge in [-0.1, -0.05) is 18.2 Å². The van der Waals surface area contributed by atoms with E-state index in [0.717, 1.165) is 30.8 Å². The molecule has 0 atom stereocenters. The quantitative estimate of drug-likeness (QED) is 0.771. The van der Waals surface area contributed by atoms with E-state index in [2.05, 4.69) is 11.0 Å². The average Bonchev–Trinajstić information content (AvgIpc) is 2.69. The van der Waals surface area contributed by atoms with Crippen LogP contribution in [0.25, 0.3) is 0 Å². The summed E-state index contributed by atoms with van der Waals surface area (Å²) in [7, 11) is 0. The molecule has 96 valence electrons. The fourth-order valence-electron chi connectivity index (χ4n) is 2.31. The van der Waals surface area contributed by atoms with Crippen molar-refractivity contribution < 1.29 is 9.53 Å². The Morgan fingerprint density at radius 3 is 2.63 bits per heavy atom. The molecule has 0 unspecified atom stereocenters. The Balaban J connectivity index is 1.87. The van der Waals surface area contributed by atoms with E-state index < -0.39 is 0 Å². The van der Waals surface area contributed by atoms with E-state index in [1.165, 1.54) is 5.56 Å². The number of carbonyl (C=O) groups is 1. The van der Waals surface area contributed by atoms with Crippen molar-refractivity contribution in [3.8, 4) is 5.75 Å². The van der Waals surface area contributed by atoms with Gasteiger partial charge < -0.3 is 9.64 Å². The number of hydrogen-bond donors (Lipinski definition) is 0. The molecule has 1 heterocycles. The number of nitrogens with zero attached hydrogens (tertiary/aromatic N) is 1. The van der Waals surface area contributed by atoms with Crippen LogP contribution in [0.15, 0.2) is 48.5 Å². The standard InChI is InChI=1S/C16H15NO2/c18-12-13-5-7-15(8-6-13)17-9-10-19-16-4-2-1-3-14(16)11-17/h1-8,12H,9-11H2. The first-order valence-corrected chi connectivity index (χ1v) is 6.38. The molecule has 0 aliphatic carbocycles. The number of aldehydes is 1. The van der Waals surface area contributed by atoms with E-state index in [1.807, 2.05) is 42.5 Å². The molecule has 2 aromatic rings. The Morgan fingerprint density at radius 1 is 1.05 bits per heavy atom. The summed E-state index contributed by atoms with van der Waals surface area (Å²) in [5, 5.41) is 0. The summed E-state index contributed by atoms with van der Waals surface area (Å²) in [4.78, 5) is 12.9. The van der Waals surface area contributed by atoms with Gasteiger partial charge in [-0.3, -0.25) is 4.79 Å². The minimum atomic E-state index is 0.673. The second kappa shape index (κ2) is 5.14. The molecular formula is C16H15NO2. The van der Waals surface area contributed by atoms with E-state index in [4.69, 9.17) is 4.74 Å². The highest BCUT2D eigenvalue weighted by molar-refractivity contribution is 5.75. The van der Waals surface area contributed by atoms with Crippen LogP contribution in [0, 0.1) is 0 Å². The van der Waals surface area contributed by atoms with Crippen molar-refractivity contribution in [2.45, 2.75) is 6.54 Å². The molecule has 1 aliphatic heterocycles. The largest absolute Gasteiger partial charge is 0.491 e. The van der Waals surface area contributed by atoms with Crippen molar-refractivity contribution in [1.29, 1.82) is 0 Å². The predicted molar refractivity (Wildman–Crippen MR) is 74.8 cm³/mol. The molecule has 0 N–H and O–H groups in total. The molecule has 0 radical (unpaired) electrons. The minimum Gasteiger partial charge on any atom is -0.491 e. The highest BCUT2D eigenvalue weighted by Gasteiger charge is 2.14. The zero-order chi connectivity index (χ0) is 13.1. The molecule has 19 heavy (non-hydrogen) atoms. The van der Waals surface area contributed by atoms with Gasteiger partial charge in [0.25, 0.3) is 0 Å². The lowest BCUT2D eigenvalue weighted by Crippen LogP contribution is -2.25. The summed E-state index contributed by atoms with van der Waals surface area (Å²) >= 11 is 0. The van der Waals surface area contributed by atoms with E-state index in [9.17, 15) is 4.79 Å². The molecule has 2 aromatic carbocycles. The Kier molecular flexibility index (Phi) is 3.19. The number of fused-ring (bicyclic) bond motifs is 1. The summed E-state index contributed by atoms with van der Waals surface area (Å²) in [6.07, 6.45) is 0.866. The van der Waals surface area contributed by atoms with Gasteiger partial charge >= 0.3 is 0 Å². The highest BCUT2D eigenvalue weighted by Crippen LogP contribution is 2.25. The van der Waals surface area contributed by atoms with Crippen LogP contribution in [0.3, 0.4) is 0 Å². The maximum absolute atomic E-state index is 10.7. The maximum Gasteiger partial charge on any atom is 0.150 e. The van der Waals surface area contributed by atoms with E-state index >= 15 is 0 Å². The van der Waals surface area contributed by atoms with Crippen LogP contribution in [-0.4, -0.2) is 19.4 Å². The molecular weight excluding hydrogens is 238 g/mol. The molecule has 0 saturated heterocycles. The zero-order valence-corrected chi connectivity index (χ0v) is 10.6. The summed E-state index contributed by atoms with van der Waals surface area (Å²) in [6, 6.07) is 15.8. The first-order chi connectivity index (χ1) is 9.36. The van der Waals surface area contributed by atoms with Gasteiger partial charge in [-0.05, 0) is 30.3 Å². The SMILES string of the molecule is O=Cc1ccc(N2CCOc3ccccc3C2)cc1. The molecule has 0 spiro atoms. The normalized spacial score (nSPS) is 14.2. The highest BCUT2D eigenvalue weighted by atomic mass is 16.5. The third-order valence-electron chi connectivity index (χ3n) is 3.35. The third-order valence-corrected chi connectivity index (χ3v) is 3.35. The summed E-state index contributed by atoms with van der Waals surface area (Å²) in [5.41, 5.74) is 3.01. The van der Waals surface area contributed by atoms with E-state index in [0.29, 0.717) is 12.2 Å². The van der Waals surface area contributed by atoms with E-state index in [-0.39, 0.29) is 0 Å². The smallest absolute Gasteiger partial charge is 0.150 e. The van der Waals surface area contributed by atoms with Gasteiger partial charge in [-0.25, -0.2) is 0 Å². The second-order valence-corrected chi connectivity index (χ2v) is 4.59. The monoisotopic (exact) mass is 253 g/mol. The predicted octanol–water partition coefficient (Wildman–Crippen LogP) is 2.90. The number of rotatable bonds is 2.